The summed E-state index contributed by atoms with van der Waals surface area (Å²) in [6.07, 6.45) is 3.76. The summed E-state index contributed by atoms with van der Waals surface area (Å²) in [5.74, 6) is 0. The molecule has 0 N–H and O–H groups in total. The minimum Gasteiger partial charge on any atom is -0.376 e. The average Bonchev–Trinajstić information content (AvgIpc) is 3.24. The number of rotatable bonds is 3. The molecule has 0 spiro atoms. The van der Waals surface area contributed by atoms with Crippen LogP contribution in [0.4, 0.5) is 45.5 Å². The highest BCUT2D eigenvalue weighted by Crippen LogP contribution is 2.51. The number of nitrogens with zero attached hydrogens (tertiary/aromatic N) is 4. The molecule has 0 unspecified atom stereocenters. The highest BCUT2D eigenvalue weighted by molar-refractivity contribution is 7.02. The van der Waals surface area contributed by atoms with E-state index in [1.54, 1.807) is 0 Å². The smallest absolute Gasteiger partial charge is 0.333 e. The molecule has 6 heteroatoms. The van der Waals surface area contributed by atoms with Crippen molar-refractivity contribution in [2.24, 2.45) is 0 Å². The molecular weight excluding hydrogens is 642 g/mol. The van der Waals surface area contributed by atoms with Crippen LogP contribution < -0.4 is 41.9 Å². The van der Waals surface area contributed by atoms with Gasteiger partial charge in [0.2, 0.25) is 0 Å². The Labute approximate surface area is 309 Å². The van der Waals surface area contributed by atoms with Crippen molar-refractivity contribution in [1.82, 2.24) is 4.98 Å². The zero-order chi connectivity index (χ0) is 34.6. The van der Waals surface area contributed by atoms with Crippen molar-refractivity contribution >= 4 is 86.4 Å². The second-order valence-corrected chi connectivity index (χ2v) is 14.3. The fraction of sp³-hybridized carbons (Fsp3) is 0. The molecule has 8 aromatic rings. The van der Waals surface area contributed by atoms with Gasteiger partial charge in [-0.25, -0.2) is 0 Å². The molecule has 4 aliphatic rings. The van der Waals surface area contributed by atoms with Gasteiger partial charge >= 0.3 is 6.85 Å². The number of pyridine rings is 1. The van der Waals surface area contributed by atoms with E-state index in [9.17, 15) is 0 Å². The molecule has 7 aromatic carbocycles. The minimum absolute atomic E-state index is 0.0476. The van der Waals surface area contributed by atoms with E-state index in [1.807, 2.05) is 12.4 Å². The Bertz CT molecular complexity index is 2760. The average molecular weight is 672 g/mol. The number of hydrogen-bond donors (Lipinski definition) is 0. The molecule has 0 fully saturated rings. The quantitative estimate of drug-likeness (QED) is 0.177. The summed E-state index contributed by atoms with van der Waals surface area (Å²) in [5.41, 5.74) is 21.4. The van der Waals surface area contributed by atoms with Crippen LogP contribution in [-0.2, 0) is 0 Å². The summed E-state index contributed by atoms with van der Waals surface area (Å²) in [6.45, 7) is 0.0362. The van der Waals surface area contributed by atoms with E-state index in [4.69, 9.17) is 0 Å². The van der Waals surface area contributed by atoms with Crippen LogP contribution in [-0.4, -0.2) is 18.5 Å². The molecule has 0 atom stereocenters. The van der Waals surface area contributed by atoms with Crippen LogP contribution in [0.2, 0.25) is 0 Å². The van der Waals surface area contributed by atoms with E-state index < -0.39 is 0 Å². The summed E-state index contributed by atoms with van der Waals surface area (Å²) in [4.78, 5) is 12.0. The molecule has 53 heavy (non-hydrogen) atoms. The molecule has 244 valence electrons. The van der Waals surface area contributed by atoms with Crippen LogP contribution in [0.15, 0.2) is 182 Å². The number of hydrogen-bond acceptors (Lipinski definition) is 4. The molecule has 0 radical (unpaired) electrons. The van der Waals surface area contributed by atoms with Crippen molar-refractivity contribution < 1.29 is 0 Å². The zero-order valence-electron chi connectivity index (χ0n) is 28.8. The number of para-hydroxylation sites is 5. The van der Waals surface area contributed by atoms with Gasteiger partial charge in [-0.15, -0.1) is 0 Å². The third-order valence-corrected chi connectivity index (χ3v) is 11.7. The number of anilines is 8. The molecule has 4 aliphatic heterocycles. The van der Waals surface area contributed by atoms with Crippen molar-refractivity contribution in [3.8, 4) is 22.3 Å². The number of benzene rings is 7. The summed E-state index contributed by atoms with van der Waals surface area (Å²) in [7, 11) is 0. The molecule has 1 aromatic heterocycles. The lowest BCUT2D eigenvalue weighted by Gasteiger charge is -2.51. The van der Waals surface area contributed by atoms with E-state index in [1.165, 1.54) is 83.8 Å². The molecule has 12 rings (SSSR count). The van der Waals surface area contributed by atoms with Crippen LogP contribution in [0.1, 0.15) is 0 Å². The zero-order valence-corrected chi connectivity index (χ0v) is 28.8. The van der Waals surface area contributed by atoms with E-state index in [0.29, 0.717) is 0 Å². The maximum Gasteiger partial charge on any atom is 0.333 e. The van der Waals surface area contributed by atoms with Gasteiger partial charge in [0, 0.05) is 63.5 Å². The van der Waals surface area contributed by atoms with Crippen LogP contribution in [0.3, 0.4) is 0 Å². The van der Waals surface area contributed by atoms with Crippen molar-refractivity contribution in [3.05, 3.63) is 182 Å². The first-order valence-corrected chi connectivity index (χ1v) is 18.4. The minimum atomic E-state index is -0.0476. The van der Waals surface area contributed by atoms with Gasteiger partial charge in [-0.1, -0.05) is 103 Å². The third-order valence-electron chi connectivity index (χ3n) is 11.7. The van der Waals surface area contributed by atoms with Crippen LogP contribution in [0, 0.1) is 0 Å². The lowest BCUT2D eigenvalue weighted by Crippen LogP contribution is -2.68. The van der Waals surface area contributed by atoms with Gasteiger partial charge in [0.25, 0.3) is 6.71 Å². The van der Waals surface area contributed by atoms with Crippen molar-refractivity contribution in [3.63, 3.8) is 0 Å². The molecule has 0 saturated carbocycles. The molecular formula is C47H30B2N4. The van der Waals surface area contributed by atoms with Gasteiger partial charge in [-0.3, -0.25) is 4.98 Å². The second kappa shape index (κ2) is 10.9. The Balaban J connectivity index is 1.26. The van der Waals surface area contributed by atoms with Crippen LogP contribution in [0.25, 0.3) is 22.3 Å². The molecule has 0 amide bonds. The Morgan fingerprint density at radius 2 is 0.981 bits per heavy atom. The fourth-order valence-electron chi connectivity index (χ4n) is 9.65. The van der Waals surface area contributed by atoms with E-state index in [0.717, 1.165) is 11.3 Å². The third kappa shape index (κ3) is 3.90. The first-order valence-electron chi connectivity index (χ1n) is 18.4. The number of fused-ring (bicyclic) bond motifs is 10. The maximum atomic E-state index is 4.32. The molecule has 5 heterocycles. The van der Waals surface area contributed by atoms with Gasteiger partial charge < -0.3 is 14.6 Å². The monoisotopic (exact) mass is 672 g/mol. The van der Waals surface area contributed by atoms with Gasteiger partial charge in [0.05, 0.1) is 0 Å². The van der Waals surface area contributed by atoms with Gasteiger partial charge in [0.15, 0.2) is 0 Å². The summed E-state index contributed by atoms with van der Waals surface area (Å²) in [6, 6.07) is 62.8. The van der Waals surface area contributed by atoms with Gasteiger partial charge in [-0.05, 0) is 111 Å². The highest BCUT2D eigenvalue weighted by atomic mass is 15.2. The lowest BCUT2D eigenvalue weighted by molar-refractivity contribution is 1.25. The molecule has 0 saturated heterocycles. The first kappa shape index (κ1) is 28.9. The predicted molar refractivity (Wildman–Crippen MR) is 223 cm³/mol. The second-order valence-electron chi connectivity index (χ2n) is 14.3. The standard InChI is InChI=1S/C47H30B2N4/c1-3-13-33(14-4-1)51-40-20-10-7-17-37(40)48-38-18-8-11-21-41(38)52-42-22-12-9-19-39(42)49-45-36(30-44(51)46(48)47(45)52)35-24-23-32(31-25-27-50-28-26-31)29-43(35)53(49)34-15-5-2-6-16-34/h1-30H. The largest absolute Gasteiger partial charge is 0.376 e. The van der Waals surface area contributed by atoms with Crippen molar-refractivity contribution in [2.75, 3.05) is 14.6 Å². The SMILES string of the molecule is c1ccc(N2B3c4ccccc4N4c5ccccc5B5c6ccccc6N(c6ccccc6)c6cc(c3c4c65)-c3ccc(-c4ccncc4)cc32)cc1. The van der Waals surface area contributed by atoms with Gasteiger partial charge in [0.1, 0.15) is 0 Å². The Kier molecular flexibility index (Phi) is 5.92. The van der Waals surface area contributed by atoms with E-state index in [-0.39, 0.29) is 13.6 Å². The first-order chi connectivity index (χ1) is 26.3. The van der Waals surface area contributed by atoms with Gasteiger partial charge in [-0.2, -0.15) is 0 Å². The molecule has 0 bridgehead atoms. The summed E-state index contributed by atoms with van der Waals surface area (Å²) in [5, 5.41) is 0. The Hall–Kier alpha value is -6.78. The number of aromatic nitrogens is 1. The summed E-state index contributed by atoms with van der Waals surface area (Å²) >= 11 is 0. The lowest BCUT2D eigenvalue weighted by atomic mass is 9.31. The maximum absolute atomic E-state index is 4.32. The Morgan fingerprint density at radius 1 is 0.396 bits per heavy atom. The van der Waals surface area contributed by atoms with Crippen LogP contribution in [0.5, 0.6) is 0 Å². The fourth-order valence-corrected chi connectivity index (χ4v) is 9.65. The van der Waals surface area contributed by atoms with Crippen molar-refractivity contribution in [1.29, 1.82) is 0 Å². The van der Waals surface area contributed by atoms with Crippen LogP contribution >= 0.6 is 0 Å². The highest BCUT2D eigenvalue weighted by Gasteiger charge is 2.52. The normalized spacial score (nSPS) is 13.8. The Morgan fingerprint density at radius 3 is 1.68 bits per heavy atom. The molecule has 0 aliphatic carbocycles. The van der Waals surface area contributed by atoms with E-state index in [2.05, 4.69) is 189 Å². The van der Waals surface area contributed by atoms with E-state index >= 15 is 0 Å². The molecule has 4 nitrogen and oxygen atoms in total. The predicted octanol–water partition coefficient (Wildman–Crippen LogP) is 8.07. The van der Waals surface area contributed by atoms with Crippen molar-refractivity contribution in [2.45, 2.75) is 0 Å². The summed E-state index contributed by atoms with van der Waals surface area (Å²) < 4.78 is 0. The topological polar surface area (TPSA) is 22.6 Å².